The normalized spacial score (nSPS) is 11.4. The summed E-state index contributed by atoms with van der Waals surface area (Å²) >= 11 is 1.24. The molecule has 144 valence electrons. The number of amides is 2. The molecule has 3 rings (SSSR count). The highest BCUT2D eigenvalue weighted by atomic mass is 32.1. The zero-order valence-electron chi connectivity index (χ0n) is 14.8. The smallest absolute Gasteiger partial charge is 0.267 e. The van der Waals surface area contributed by atoms with Crippen molar-refractivity contribution in [2.24, 2.45) is 4.99 Å². The molecule has 1 aromatic heterocycles. The monoisotopic (exact) mass is 401 g/mol. The van der Waals surface area contributed by atoms with Crippen molar-refractivity contribution in [3.63, 3.8) is 0 Å². The van der Waals surface area contributed by atoms with Gasteiger partial charge in [-0.3, -0.25) is 9.59 Å². The van der Waals surface area contributed by atoms with Gasteiger partial charge in [0.15, 0.2) is 4.80 Å². The van der Waals surface area contributed by atoms with Crippen molar-refractivity contribution in [2.75, 3.05) is 6.54 Å². The van der Waals surface area contributed by atoms with Gasteiger partial charge in [-0.05, 0) is 23.8 Å². The Kier molecular flexibility index (Phi) is 6.44. The van der Waals surface area contributed by atoms with E-state index in [-0.39, 0.29) is 25.3 Å². The van der Waals surface area contributed by atoms with Crippen LogP contribution in [0.1, 0.15) is 11.1 Å². The molecule has 3 aromatic rings. The van der Waals surface area contributed by atoms with Crippen LogP contribution >= 0.6 is 11.3 Å². The average molecular weight is 401 g/mol. The van der Waals surface area contributed by atoms with Crippen LogP contribution in [-0.2, 0) is 22.6 Å². The van der Waals surface area contributed by atoms with E-state index in [4.69, 9.17) is 0 Å². The zero-order chi connectivity index (χ0) is 19.9. The molecule has 0 aliphatic rings. The van der Waals surface area contributed by atoms with E-state index in [0.717, 1.165) is 0 Å². The van der Waals surface area contributed by atoms with Crippen LogP contribution in [0.4, 0.5) is 8.78 Å². The SMILES string of the molecule is O=C(CNC(=O)Cc1cccc(F)c1)N=c1sccn1Cc1ccccc1F. The average Bonchev–Trinajstić information content (AvgIpc) is 3.08. The van der Waals surface area contributed by atoms with E-state index in [1.807, 2.05) is 0 Å². The Morgan fingerprint density at radius 1 is 1.11 bits per heavy atom. The minimum Gasteiger partial charge on any atom is -0.347 e. The fourth-order valence-corrected chi connectivity index (χ4v) is 3.28. The van der Waals surface area contributed by atoms with E-state index in [1.165, 1.54) is 35.6 Å². The van der Waals surface area contributed by atoms with E-state index < -0.39 is 17.6 Å². The van der Waals surface area contributed by atoms with Gasteiger partial charge < -0.3 is 9.88 Å². The Labute approximate surface area is 164 Å². The van der Waals surface area contributed by atoms with Crippen molar-refractivity contribution in [3.8, 4) is 0 Å². The van der Waals surface area contributed by atoms with Gasteiger partial charge in [0.2, 0.25) is 5.91 Å². The third kappa shape index (κ3) is 5.43. The van der Waals surface area contributed by atoms with Crippen molar-refractivity contribution in [1.82, 2.24) is 9.88 Å². The second-order valence-electron chi connectivity index (χ2n) is 5.99. The van der Waals surface area contributed by atoms with Crippen LogP contribution in [0, 0.1) is 11.6 Å². The maximum Gasteiger partial charge on any atom is 0.267 e. The molecule has 8 heteroatoms. The van der Waals surface area contributed by atoms with Crippen molar-refractivity contribution in [2.45, 2.75) is 13.0 Å². The molecule has 2 aromatic carbocycles. The fourth-order valence-electron chi connectivity index (χ4n) is 2.53. The number of hydrogen-bond donors (Lipinski definition) is 1. The quantitative estimate of drug-likeness (QED) is 0.690. The van der Waals surface area contributed by atoms with Gasteiger partial charge in [0, 0.05) is 17.1 Å². The molecule has 2 amide bonds. The molecule has 0 radical (unpaired) electrons. The molecule has 0 atom stereocenters. The van der Waals surface area contributed by atoms with Gasteiger partial charge in [-0.15, -0.1) is 11.3 Å². The molecule has 28 heavy (non-hydrogen) atoms. The predicted molar refractivity (Wildman–Crippen MR) is 101 cm³/mol. The van der Waals surface area contributed by atoms with Crippen LogP contribution in [0.3, 0.4) is 0 Å². The van der Waals surface area contributed by atoms with E-state index >= 15 is 0 Å². The molecule has 0 saturated carbocycles. The fraction of sp³-hybridized carbons (Fsp3) is 0.150. The molecule has 0 unspecified atom stereocenters. The van der Waals surface area contributed by atoms with Gasteiger partial charge >= 0.3 is 0 Å². The van der Waals surface area contributed by atoms with E-state index in [9.17, 15) is 18.4 Å². The Hall–Kier alpha value is -3.13. The number of halogens is 2. The third-order valence-corrected chi connectivity index (χ3v) is 4.66. The first-order valence-corrected chi connectivity index (χ1v) is 9.35. The van der Waals surface area contributed by atoms with Gasteiger partial charge in [-0.2, -0.15) is 4.99 Å². The first kappa shape index (κ1) is 19.6. The molecular weight excluding hydrogens is 384 g/mol. The first-order chi connectivity index (χ1) is 13.5. The highest BCUT2D eigenvalue weighted by Crippen LogP contribution is 2.08. The lowest BCUT2D eigenvalue weighted by atomic mass is 10.1. The number of rotatable bonds is 6. The van der Waals surface area contributed by atoms with Crippen LogP contribution in [0.25, 0.3) is 0 Å². The summed E-state index contributed by atoms with van der Waals surface area (Å²) < 4.78 is 28.6. The van der Waals surface area contributed by atoms with Crippen LogP contribution in [0.5, 0.6) is 0 Å². The number of nitrogens with one attached hydrogen (secondary N) is 1. The number of thiazole rings is 1. The number of hydrogen-bond acceptors (Lipinski definition) is 3. The van der Waals surface area contributed by atoms with E-state index in [1.54, 1.807) is 40.4 Å². The van der Waals surface area contributed by atoms with Gasteiger partial charge in [-0.25, -0.2) is 8.78 Å². The van der Waals surface area contributed by atoms with Crippen molar-refractivity contribution in [1.29, 1.82) is 0 Å². The highest BCUT2D eigenvalue weighted by Gasteiger charge is 2.08. The molecule has 0 saturated heterocycles. The van der Waals surface area contributed by atoms with Crippen LogP contribution in [0.2, 0.25) is 0 Å². The van der Waals surface area contributed by atoms with Gasteiger partial charge in [0.1, 0.15) is 11.6 Å². The predicted octanol–water partition coefficient (Wildman–Crippen LogP) is 2.66. The summed E-state index contributed by atoms with van der Waals surface area (Å²) in [5.41, 5.74) is 1.00. The van der Waals surface area contributed by atoms with Gasteiger partial charge in [-0.1, -0.05) is 30.3 Å². The summed E-state index contributed by atoms with van der Waals surface area (Å²) in [5, 5.41) is 4.22. The Bertz CT molecular complexity index is 1060. The standard InChI is InChI=1S/C20H17F2N3O2S/c21-16-6-3-4-14(10-16)11-18(26)23-12-19(27)24-20-25(8-9-28-20)13-15-5-1-2-7-17(15)22/h1-10H,11-13H2,(H,23,26). The molecule has 1 heterocycles. The lowest BCUT2D eigenvalue weighted by Gasteiger charge is -2.05. The summed E-state index contributed by atoms with van der Waals surface area (Å²) in [4.78, 5) is 28.4. The first-order valence-electron chi connectivity index (χ1n) is 8.47. The summed E-state index contributed by atoms with van der Waals surface area (Å²) in [6.45, 7) is -0.0278. The van der Waals surface area contributed by atoms with Crippen molar-refractivity contribution >= 4 is 23.2 Å². The zero-order valence-corrected chi connectivity index (χ0v) is 15.6. The second-order valence-corrected chi connectivity index (χ2v) is 6.87. The Balaban J connectivity index is 1.60. The van der Waals surface area contributed by atoms with Crippen LogP contribution in [0.15, 0.2) is 65.1 Å². The molecule has 0 aliphatic heterocycles. The second kappa shape index (κ2) is 9.18. The largest absolute Gasteiger partial charge is 0.347 e. The van der Waals surface area contributed by atoms with E-state index in [0.29, 0.717) is 15.9 Å². The highest BCUT2D eigenvalue weighted by molar-refractivity contribution is 7.07. The molecule has 0 aliphatic carbocycles. The number of nitrogens with zero attached hydrogens (tertiary/aromatic N) is 2. The summed E-state index contributed by atoms with van der Waals surface area (Å²) in [7, 11) is 0. The van der Waals surface area contributed by atoms with Crippen molar-refractivity contribution < 1.29 is 18.4 Å². The number of carbonyl (C=O) groups excluding carboxylic acids is 2. The lowest BCUT2D eigenvalue weighted by Crippen LogP contribution is -2.31. The molecule has 0 bridgehead atoms. The molecule has 0 fully saturated rings. The van der Waals surface area contributed by atoms with Crippen LogP contribution in [-0.4, -0.2) is 22.9 Å². The maximum absolute atomic E-state index is 13.8. The maximum atomic E-state index is 13.8. The van der Waals surface area contributed by atoms with E-state index in [2.05, 4.69) is 10.3 Å². The summed E-state index contributed by atoms with van der Waals surface area (Å²) in [6.07, 6.45) is 1.68. The van der Waals surface area contributed by atoms with Crippen molar-refractivity contribution in [3.05, 3.63) is 87.7 Å². The summed E-state index contributed by atoms with van der Waals surface area (Å²) in [5.74, 6) is -1.69. The number of aromatic nitrogens is 1. The Morgan fingerprint density at radius 3 is 2.71 bits per heavy atom. The van der Waals surface area contributed by atoms with Crippen LogP contribution < -0.4 is 10.1 Å². The lowest BCUT2D eigenvalue weighted by molar-refractivity contribution is -0.124. The third-order valence-electron chi connectivity index (χ3n) is 3.87. The Morgan fingerprint density at radius 2 is 1.93 bits per heavy atom. The topological polar surface area (TPSA) is 63.5 Å². The molecule has 1 N–H and O–H groups in total. The molecule has 0 spiro atoms. The van der Waals surface area contributed by atoms with Gasteiger partial charge in [0.25, 0.3) is 5.91 Å². The molecular formula is C20H17F2N3O2S. The minimum absolute atomic E-state index is 0.0304. The molecule has 5 nitrogen and oxygen atoms in total. The number of carbonyl (C=O) groups is 2. The minimum atomic E-state index is -0.530. The van der Waals surface area contributed by atoms with Gasteiger partial charge in [0.05, 0.1) is 19.5 Å². The summed E-state index contributed by atoms with van der Waals surface area (Å²) in [6, 6.07) is 12.1. The number of benzene rings is 2.